The molecule has 1 aromatic carbocycles. The van der Waals surface area contributed by atoms with Gasteiger partial charge in [0.05, 0.1) is 16.7 Å². The molecule has 3 N–H and O–H groups in total. The SMILES string of the molecule is CCN1CCCC1CN1Cc2cc3[nH]c(-c4c(NCCc5sccc5C)cc[nH]c4=O)nc3cc2C1=O. The molecule has 9 heteroatoms. The van der Waals surface area contributed by atoms with E-state index in [0.29, 0.717) is 36.0 Å². The lowest BCUT2D eigenvalue weighted by atomic mass is 10.1. The van der Waals surface area contributed by atoms with E-state index in [4.69, 9.17) is 4.98 Å². The average molecular weight is 517 g/mol. The first-order chi connectivity index (χ1) is 18.0. The topological polar surface area (TPSA) is 97.1 Å². The minimum atomic E-state index is -0.205. The van der Waals surface area contributed by atoms with Gasteiger partial charge in [-0.15, -0.1) is 11.3 Å². The molecular weight excluding hydrogens is 484 g/mol. The van der Waals surface area contributed by atoms with E-state index in [0.717, 1.165) is 54.8 Å². The van der Waals surface area contributed by atoms with E-state index in [1.165, 1.54) is 16.9 Å². The maximum absolute atomic E-state index is 13.3. The van der Waals surface area contributed by atoms with Crippen LogP contribution in [0.5, 0.6) is 0 Å². The second kappa shape index (κ2) is 9.79. The van der Waals surface area contributed by atoms with Crippen LogP contribution >= 0.6 is 11.3 Å². The largest absolute Gasteiger partial charge is 0.384 e. The Kier molecular flexibility index (Phi) is 6.34. The number of fused-ring (bicyclic) bond motifs is 2. The summed E-state index contributed by atoms with van der Waals surface area (Å²) >= 11 is 1.75. The number of aromatic nitrogens is 3. The lowest BCUT2D eigenvalue weighted by Crippen LogP contribution is -2.40. The Morgan fingerprint density at radius 3 is 2.95 bits per heavy atom. The van der Waals surface area contributed by atoms with Gasteiger partial charge in [0, 0.05) is 42.3 Å². The second-order valence-electron chi connectivity index (χ2n) is 10.0. The summed E-state index contributed by atoms with van der Waals surface area (Å²) in [6.45, 7) is 8.56. The fraction of sp³-hybridized carbons (Fsp3) is 0.393. The Morgan fingerprint density at radius 1 is 1.24 bits per heavy atom. The highest BCUT2D eigenvalue weighted by Gasteiger charge is 2.33. The van der Waals surface area contributed by atoms with Crippen molar-refractivity contribution in [3.8, 4) is 11.4 Å². The van der Waals surface area contributed by atoms with Gasteiger partial charge >= 0.3 is 0 Å². The number of hydrogen-bond acceptors (Lipinski definition) is 6. The van der Waals surface area contributed by atoms with Crippen molar-refractivity contribution in [1.29, 1.82) is 0 Å². The number of carbonyl (C=O) groups is 1. The molecule has 2 aliphatic rings. The summed E-state index contributed by atoms with van der Waals surface area (Å²) in [5.74, 6) is 0.581. The Morgan fingerprint density at radius 2 is 2.14 bits per heavy atom. The van der Waals surface area contributed by atoms with Gasteiger partial charge in [-0.25, -0.2) is 4.98 Å². The van der Waals surface area contributed by atoms with Gasteiger partial charge in [-0.1, -0.05) is 6.92 Å². The third-order valence-corrected chi connectivity index (χ3v) is 8.84. The number of nitrogens with one attached hydrogen (secondary N) is 3. The highest BCUT2D eigenvalue weighted by atomic mass is 32.1. The lowest BCUT2D eigenvalue weighted by molar-refractivity contribution is 0.0731. The number of anilines is 1. The van der Waals surface area contributed by atoms with E-state index < -0.39 is 0 Å². The zero-order valence-corrected chi connectivity index (χ0v) is 22.1. The van der Waals surface area contributed by atoms with Crippen LogP contribution in [0.1, 0.15) is 46.1 Å². The molecule has 1 fully saturated rings. The van der Waals surface area contributed by atoms with Gasteiger partial charge in [-0.05, 0) is 80.0 Å². The van der Waals surface area contributed by atoms with Crippen LogP contribution < -0.4 is 10.9 Å². The number of likely N-dealkylation sites (N-methyl/N-ethyl adjacent to an activating group) is 1. The third-order valence-electron chi connectivity index (χ3n) is 7.76. The summed E-state index contributed by atoms with van der Waals surface area (Å²) in [4.78, 5) is 42.8. The van der Waals surface area contributed by atoms with Crippen LogP contribution in [0.2, 0.25) is 0 Å². The molecule has 0 spiro atoms. The lowest BCUT2D eigenvalue weighted by Gasteiger charge is -2.27. The van der Waals surface area contributed by atoms with Crippen molar-refractivity contribution < 1.29 is 4.79 Å². The second-order valence-corrected chi connectivity index (χ2v) is 11.0. The number of nitrogens with zero attached hydrogens (tertiary/aromatic N) is 3. The molecule has 0 saturated carbocycles. The minimum absolute atomic E-state index is 0.0770. The van der Waals surface area contributed by atoms with Crippen molar-refractivity contribution in [2.75, 3.05) is 31.5 Å². The molecule has 1 unspecified atom stereocenters. The zero-order valence-electron chi connectivity index (χ0n) is 21.3. The van der Waals surface area contributed by atoms with Crippen molar-refractivity contribution in [1.82, 2.24) is 24.8 Å². The molecule has 4 aromatic rings. The van der Waals surface area contributed by atoms with Crippen LogP contribution in [0.3, 0.4) is 0 Å². The van der Waals surface area contributed by atoms with Crippen molar-refractivity contribution in [2.45, 2.75) is 45.7 Å². The number of aryl methyl sites for hydroxylation is 1. The van der Waals surface area contributed by atoms with E-state index in [9.17, 15) is 9.59 Å². The predicted octanol–water partition coefficient (Wildman–Crippen LogP) is 4.38. The summed E-state index contributed by atoms with van der Waals surface area (Å²) in [6.07, 6.45) is 4.89. The number of aromatic amines is 2. The first kappa shape index (κ1) is 23.9. The molecule has 0 bridgehead atoms. The van der Waals surface area contributed by atoms with Crippen LogP contribution in [0, 0.1) is 6.92 Å². The monoisotopic (exact) mass is 516 g/mol. The standard InChI is InChI=1S/C28H32N6O2S/c1-3-33-11-4-5-19(33)16-34-15-18-13-22-23(14-20(18)28(34)36)32-26(31-22)25-21(6-9-30-27(25)35)29-10-7-24-17(2)8-12-37-24/h6,8-9,12-14,19H,3-5,7,10-11,15-16H2,1-2H3,(H,31,32)(H2,29,30,35). The fourth-order valence-electron chi connectivity index (χ4n) is 5.75. The Balaban J connectivity index is 1.24. The van der Waals surface area contributed by atoms with Gasteiger partial charge in [0.25, 0.3) is 11.5 Å². The van der Waals surface area contributed by atoms with Crippen LogP contribution in [0.15, 0.2) is 40.6 Å². The summed E-state index contributed by atoms with van der Waals surface area (Å²) in [7, 11) is 0. The summed E-state index contributed by atoms with van der Waals surface area (Å²) < 4.78 is 0. The Labute approximate surface area is 219 Å². The van der Waals surface area contributed by atoms with Crippen LogP contribution in [0.4, 0.5) is 5.69 Å². The third kappa shape index (κ3) is 4.46. The number of amides is 1. The molecule has 2 aliphatic heterocycles. The van der Waals surface area contributed by atoms with Crippen molar-refractivity contribution in [3.05, 3.63) is 67.8 Å². The highest BCUT2D eigenvalue weighted by molar-refractivity contribution is 7.10. The number of H-pyrrole nitrogens is 2. The first-order valence-corrected chi connectivity index (χ1v) is 13.9. The highest BCUT2D eigenvalue weighted by Crippen LogP contribution is 2.31. The molecular formula is C28H32N6O2S. The van der Waals surface area contributed by atoms with Crippen LogP contribution in [-0.4, -0.2) is 62.9 Å². The summed E-state index contributed by atoms with van der Waals surface area (Å²) in [5.41, 5.74) is 5.58. The van der Waals surface area contributed by atoms with E-state index in [1.807, 2.05) is 23.1 Å². The number of likely N-dealkylation sites (tertiary alicyclic amines) is 1. The summed E-state index contributed by atoms with van der Waals surface area (Å²) in [6, 6.07) is 8.34. The smallest absolute Gasteiger partial charge is 0.261 e. The van der Waals surface area contributed by atoms with Gasteiger partial charge < -0.3 is 20.2 Å². The quantitative estimate of drug-likeness (QED) is 0.323. The fourth-order valence-corrected chi connectivity index (χ4v) is 6.66. The molecule has 3 aromatic heterocycles. The molecule has 192 valence electrons. The molecule has 37 heavy (non-hydrogen) atoms. The molecule has 1 amide bonds. The molecule has 0 aliphatic carbocycles. The maximum atomic E-state index is 13.3. The van der Waals surface area contributed by atoms with Crippen molar-refractivity contribution in [2.24, 2.45) is 0 Å². The number of benzene rings is 1. The molecule has 0 radical (unpaired) electrons. The minimum Gasteiger partial charge on any atom is -0.384 e. The van der Waals surface area contributed by atoms with Crippen LogP contribution in [0.25, 0.3) is 22.4 Å². The molecule has 5 heterocycles. The Hall–Kier alpha value is -3.43. The number of pyridine rings is 1. The number of carbonyl (C=O) groups excluding carboxylic acids is 1. The summed E-state index contributed by atoms with van der Waals surface area (Å²) in [5, 5.41) is 5.53. The van der Waals surface area contributed by atoms with Gasteiger partial charge in [-0.2, -0.15) is 0 Å². The number of hydrogen-bond donors (Lipinski definition) is 3. The average Bonchev–Trinajstić information content (AvgIpc) is 3.66. The van der Waals surface area contributed by atoms with Crippen molar-refractivity contribution >= 4 is 34.0 Å². The molecule has 6 rings (SSSR count). The van der Waals surface area contributed by atoms with Crippen LogP contribution in [-0.2, 0) is 13.0 Å². The van der Waals surface area contributed by atoms with E-state index in [-0.39, 0.29) is 11.5 Å². The van der Waals surface area contributed by atoms with E-state index in [1.54, 1.807) is 17.5 Å². The van der Waals surface area contributed by atoms with E-state index in [2.05, 4.69) is 45.5 Å². The normalized spacial score (nSPS) is 17.7. The van der Waals surface area contributed by atoms with E-state index >= 15 is 0 Å². The Bertz CT molecular complexity index is 1520. The van der Waals surface area contributed by atoms with Crippen molar-refractivity contribution in [3.63, 3.8) is 0 Å². The number of thiophene rings is 1. The van der Waals surface area contributed by atoms with Gasteiger partial charge in [0.1, 0.15) is 11.4 Å². The maximum Gasteiger partial charge on any atom is 0.261 e. The molecule has 1 saturated heterocycles. The first-order valence-electron chi connectivity index (χ1n) is 13.1. The zero-order chi connectivity index (χ0) is 25.5. The van der Waals surface area contributed by atoms with Gasteiger partial charge in [-0.3, -0.25) is 14.5 Å². The predicted molar refractivity (Wildman–Crippen MR) is 148 cm³/mol. The van der Waals surface area contributed by atoms with Gasteiger partial charge in [0.15, 0.2) is 0 Å². The number of imidazole rings is 1. The number of rotatable bonds is 8. The molecule has 1 atom stereocenters. The van der Waals surface area contributed by atoms with Gasteiger partial charge in [0.2, 0.25) is 0 Å². The molecule has 8 nitrogen and oxygen atoms in total.